The molecule has 3 heterocycles. The number of rotatable bonds is 5. The van der Waals surface area contributed by atoms with Gasteiger partial charge in [0.05, 0.1) is 17.7 Å². The Hall–Kier alpha value is -2.70. The zero-order chi connectivity index (χ0) is 19.0. The fourth-order valence-electron chi connectivity index (χ4n) is 3.10. The maximum absolute atomic E-state index is 12.8. The Morgan fingerprint density at radius 2 is 2.04 bits per heavy atom. The SMILES string of the molecule is Cc1ccc(CN(C)[C@@H](C)c2nc3scc(-c4ccco4)c3c(=O)[nH]2)cc1. The van der Waals surface area contributed by atoms with E-state index in [1.807, 2.05) is 24.6 Å². The minimum Gasteiger partial charge on any atom is -0.464 e. The van der Waals surface area contributed by atoms with Gasteiger partial charge in [-0.15, -0.1) is 11.3 Å². The van der Waals surface area contributed by atoms with Crippen molar-refractivity contribution in [1.82, 2.24) is 14.9 Å². The Morgan fingerprint density at radius 3 is 2.74 bits per heavy atom. The van der Waals surface area contributed by atoms with Gasteiger partial charge in [-0.05, 0) is 38.6 Å². The summed E-state index contributed by atoms with van der Waals surface area (Å²) in [5.41, 5.74) is 3.14. The third-order valence-corrected chi connectivity index (χ3v) is 5.73. The quantitative estimate of drug-likeness (QED) is 0.544. The summed E-state index contributed by atoms with van der Waals surface area (Å²) in [5, 5.41) is 2.52. The van der Waals surface area contributed by atoms with Gasteiger partial charge in [-0.1, -0.05) is 29.8 Å². The standard InChI is InChI=1S/C21H21N3O2S/c1-13-6-8-15(9-7-13)11-24(3)14(2)19-22-20(25)18-16(12-27-21(18)23-19)17-5-4-10-26-17/h4-10,12,14H,11H2,1-3H3,(H,22,23,25)/t14-/m0/s1. The molecule has 1 N–H and O–H groups in total. The van der Waals surface area contributed by atoms with Gasteiger partial charge in [0.2, 0.25) is 0 Å². The summed E-state index contributed by atoms with van der Waals surface area (Å²) in [5.74, 6) is 1.36. The van der Waals surface area contributed by atoms with Crippen molar-refractivity contribution < 1.29 is 4.42 Å². The Bertz CT molecular complexity index is 1110. The number of H-pyrrole nitrogens is 1. The van der Waals surface area contributed by atoms with Crippen LogP contribution in [0.15, 0.2) is 57.3 Å². The van der Waals surface area contributed by atoms with Crippen molar-refractivity contribution in [3.05, 3.63) is 75.3 Å². The van der Waals surface area contributed by atoms with Crippen molar-refractivity contribution in [1.29, 1.82) is 0 Å². The molecule has 5 nitrogen and oxygen atoms in total. The molecule has 0 saturated heterocycles. The number of nitrogens with zero attached hydrogens (tertiary/aromatic N) is 2. The Morgan fingerprint density at radius 1 is 1.26 bits per heavy atom. The second-order valence-electron chi connectivity index (χ2n) is 6.83. The summed E-state index contributed by atoms with van der Waals surface area (Å²) in [4.78, 5) is 23.4. The number of aryl methyl sites for hydroxylation is 1. The van der Waals surface area contributed by atoms with Crippen LogP contribution < -0.4 is 5.56 Å². The van der Waals surface area contributed by atoms with E-state index in [2.05, 4.69) is 48.0 Å². The van der Waals surface area contributed by atoms with Crippen molar-refractivity contribution in [3.63, 3.8) is 0 Å². The first-order valence-corrected chi connectivity index (χ1v) is 9.72. The van der Waals surface area contributed by atoms with E-state index in [4.69, 9.17) is 9.40 Å². The number of nitrogens with one attached hydrogen (secondary N) is 1. The third kappa shape index (κ3) is 3.46. The molecule has 0 saturated carbocycles. The Kier molecular flexibility index (Phi) is 4.68. The first kappa shape index (κ1) is 17.7. The van der Waals surface area contributed by atoms with E-state index in [-0.39, 0.29) is 11.6 Å². The van der Waals surface area contributed by atoms with Crippen LogP contribution in [0.5, 0.6) is 0 Å². The molecule has 0 spiro atoms. The number of hydrogen-bond donors (Lipinski definition) is 1. The van der Waals surface area contributed by atoms with Gasteiger partial charge in [0.25, 0.3) is 5.56 Å². The number of furan rings is 1. The highest BCUT2D eigenvalue weighted by Gasteiger charge is 2.19. The molecule has 6 heteroatoms. The van der Waals surface area contributed by atoms with Gasteiger partial charge in [0.1, 0.15) is 16.4 Å². The van der Waals surface area contributed by atoms with Crippen LogP contribution in [0.1, 0.15) is 29.9 Å². The molecule has 0 fully saturated rings. The summed E-state index contributed by atoms with van der Waals surface area (Å²) < 4.78 is 5.45. The third-order valence-electron chi connectivity index (χ3n) is 4.86. The van der Waals surface area contributed by atoms with Crippen LogP contribution in [-0.2, 0) is 6.54 Å². The molecule has 138 valence electrons. The molecular weight excluding hydrogens is 358 g/mol. The Balaban J connectivity index is 1.63. The van der Waals surface area contributed by atoms with Crippen LogP contribution in [-0.4, -0.2) is 21.9 Å². The maximum atomic E-state index is 12.8. The lowest BCUT2D eigenvalue weighted by Crippen LogP contribution is -2.25. The maximum Gasteiger partial charge on any atom is 0.260 e. The Labute approximate surface area is 161 Å². The molecule has 1 atom stereocenters. The first-order valence-electron chi connectivity index (χ1n) is 8.84. The second-order valence-corrected chi connectivity index (χ2v) is 7.69. The first-order chi connectivity index (χ1) is 13.0. The number of benzene rings is 1. The van der Waals surface area contributed by atoms with Crippen LogP contribution in [0, 0.1) is 6.92 Å². The van der Waals surface area contributed by atoms with Crippen LogP contribution >= 0.6 is 11.3 Å². The number of aromatic nitrogens is 2. The molecule has 3 aromatic heterocycles. The average Bonchev–Trinajstić information content (AvgIpc) is 3.32. The fraction of sp³-hybridized carbons (Fsp3) is 0.238. The molecule has 0 aliphatic heterocycles. The minimum absolute atomic E-state index is 0.0161. The fourth-order valence-corrected chi connectivity index (χ4v) is 4.04. The van der Waals surface area contributed by atoms with Gasteiger partial charge in [0.15, 0.2) is 0 Å². The summed E-state index contributed by atoms with van der Waals surface area (Å²) in [6.07, 6.45) is 1.61. The van der Waals surface area contributed by atoms with Crippen LogP contribution in [0.3, 0.4) is 0 Å². The van der Waals surface area contributed by atoms with Gasteiger partial charge in [-0.3, -0.25) is 9.69 Å². The smallest absolute Gasteiger partial charge is 0.260 e. The predicted octanol–water partition coefficient (Wildman–Crippen LogP) is 4.75. The normalized spacial score (nSPS) is 12.7. The minimum atomic E-state index is -0.127. The summed E-state index contributed by atoms with van der Waals surface area (Å²) in [7, 11) is 2.04. The largest absolute Gasteiger partial charge is 0.464 e. The van der Waals surface area contributed by atoms with Crippen LogP contribution in [0.4, 0.5) is 0 Å². The summed E-state index contributed by atoms with van der Waals surface area (Å²) in [6.45, 7) is 4.92. The zero-order valence-electron chi connectivity index (χ0n) is 15.5. The lowest BCUT2D eigenvalue weighted by atomic mass is 10.1. The van der Waals surface area contributed by atoms with E-state index in [9.17, 15) is 4.79 Å². The van der Waals surface area contributed by atoms with Crippen LogP contribution in [0.2, 0.25) is 0 Å². The molecule has 27 heavy (non-hydrogen) atoms. The molecule has 1 aromatic carbocycles. The van der Waals surface area contributed by atoms with E-state index < -0.39 is 0 Å². The molecular formula is C21H21N3O2S. The second kappa shape index (κ2) is 7.13. The van der Waals surface area contributed by atoms with Crippen molar-refractivity contribution >= 4 is 21.6 Å². The monoisotopic (exact) mass is 379 g/mol. The van der Waals surface area contributed by atoms with E-state index in [1.165, 1.54) is 22.5 Å². The van der Waals surface area contributed by atoms with Crippen molar-refractivity contribution in [2.75, 3.05) is 7.05 Å². The molecule has 0 unspecified atom stereocenters. The highest BCUT2D eigenvalue weighted by molar-refractivity contribution is 7.17. The molecule has 4 rings (SSSR count). The van der Waals surface area contributed by atoms with Gasteiger partial charge < -0.3 is 9.40 Å². The van der Waals surface area contributed by atoms with Crippen molar-refractivity contribution in [3.8, 4) is 11.3 Å². The van der Waals surface area contributed by atoms with E-state index in [0.717, 1.165) is 16.9 Å². The highest BCUT2D eigenvalue weighted by Crippen LogP contribution is 2.31. The number of hydrogen-bond acceptors (Lipinski definition) is 5. The number of thiophene rings is 1. The number of aromatic amines is 1. The summed E-state index contributed by atoms with van der Waals surface area (Å²) >= 11 is 1.47. The highest BCUT2D eigenvalue weighted by atomic mass is 32.1. The van der Waals surface area contributed by atoms with E-state index in [0.29, 0.717) is 17.0 Å². The summed E-state index contributed by atoms with van der Waals surface area (Å²) in [6, 6.07) is 12.1. The topological polar surface area (TPSA) is 62.1 Å². The van der Waals surface area contributed by atoms with Gasteiger partial charge in [0, 0.05) is 17.5 Å². The average molecular weight is 379 g/mol. The lowest BCUT2D eigenvalue weighted by molar-refractivity contribution is 0.244. The molecule has 0 amide bonds. The van der Waals surface area contributed by atoms with E-state index >= 15 is 0 Å². The molecule has 0 bridgehead atoms. The zero-order valence-corrected chi connectivity index (χ0v) is 16.3. The van der Waals surface area contributed by atoms with Crippen molar-refractivity contribution in [2.24, 2.45) is 0 Å². The molecule has 0 radical (unpaired) electrons. The molecule has 4 aromatic rings. The van der Waals surface area contributed by atoms with Gasteiger partial charge in [-0.2, -0.15) is 0 Å². The number of fused-ring (bicyclic) bond motifs is 1. The van der Waals surface area contributed by atoms with Gasteiger partial charge in [-0.25, -0.2) is 4.98 Å². The van der Waals surface area contributed by atoms with Gasteiger partial charge >= 0.3 is 0 Å². The lowest BCUT2D eigenvalue weighted by Gasteiger charge is -2.24. The molecule has 0 aliphatic rings. The predicted molar refractivity (Wildman–Crippen MR) is 109 cm³/mol. The van der Waals surface area contributed by atoms with Crippen molar-refractivity contribution in [2.45, 2.75) is 26.4 Å². The van der Waals surface area contributed by atoms with Crippen LogP contribution in [0.25, 0.3) is 21.5 Å². The van der Waals surface area contributed by atoms with E-state index in [1.54, 1.807) is 6.26 Å². The molecule has 0 aliphatic carbocycles.